The zero-order chi connectivity index (χ0) is 69.8. The zero-order valence-corrected chi connectivity index (χ0v) is 57.5. The van der Waals surface area contributed by atoms with Crippen LogP contribution in [0, 0.1) is 101 Å². The SMILES string of the molecule is C[C@@H]1CC[C@]2(C(=O)O[C@@H]3O[C@H](CO)[C@@H](O)[C@H](O)[C@H]3O)CC[C@]3(C)C(=CC[C@@H]4[C@@]5(C)C[C@@H](O)[C@@H](O)[C@](C)(C(=O)O[C@@H]6[C@H](O)C[C@@]7(C)[C@@H](CC[C@]8(C)[C@@H]7CC=C7[C@@H]9[C@H](O)C(C)(C)CC[C@]9(C(=O)O[C@@H]9O[C@H](CO)[C@@H](O)[C@H](O)[C@H]9O)CC[C@]78C)[C@@]6(C)C(=O)O)[C@@H]5CC[C@]43C)[C@@H]2[C@]1(C)O. The number of carboxylic acid groups (broad SMARTS) is 1. The first-order valence-electron chi connectivity index (χ1n) is 35.3. The van der Waals surface area contributed by atoms with Crippen LogP contribution in [0.1, 0.15) is 186 Å². The summed E-state index contributed by atoms with van der Waals surface area (Å²) in [5, 5.41) is 159. The lowest BCUT2D eigenvalue weighted by Crippen LogP contribution is -2.71. The standard InChI is InChI=1S/C72H110O23/c1-33-17-22-72(60(89)95-56-50(82)48(80)46(78)39(32-74)92-56)28-25-65(7)35(51(72)70(33,12)90)14-16-41-62(4)29-36(75)52(83)68(10,42(62)18-20-67(41,65)9)58(87)93-54-37(76)30-63(5)40-15-13-34-44-53(84)61(2,3)23-26-71(44,59(88)94-55-49(81)47(79)45(77)38(31-73)91-55)27-24-64(34,6)66(40,8)21-19-43(63)69(54,11)57(85)86/h13-14,33,36-56,73-84,90H,15-32H2,1-12H3,(H,85,86)/t33-,36-,37-,38-,39-,40-,41-,42-,43-,44-,45-,46-,47+,48+,49-,50-,51-,52-,53+,54-,55+,56+,62-,63-,64-,65-,66-,67-,68-,69-,70-,71+,72+/m1/s1. The molecular formula is C72H110O23. The van der Waals surface area contributed by atoms with Gasteiger partial charge in [0.25, 0.3) is 0 Å². The topological polar surface area (TPSA) is 398 Å². The molecule has 23 nitrogen and oxygen atoms in total. The number of fused-ring (bicyclic) bond motifs is 14. The monoisotopic (exact) mass is 1340 g/mol. The van der Waals surface area contributed by atoms with Gasteiger partial charge in [0.15, 0.2) is 0 Å². The lowest BCUT2D eigenvalue weighted by Gasteiger charge is -2.72. The fourth-order valence-corrected chi connectivity index (χ4v) is 24.8. The van der Waals surface area contributed by atoms with Gasteiger partial charge in [0.05, 0.1) is 59.5 Å². The summed E-state index contributed by atoms with van der Waals surface area (Å²) in [6.07, 6.45) is -14.1. The zero-order valence-electron chi connectivity index (χ0n) is 57.5. The number of hydrogen-bond donors (Lipinski definition) is 14. The van der Waals surface area contributed by atoms with E-state index >= 15 is 9.59 Å². The number of carboxylic acids is 1. The molecule has 2 heterocycles. The number of carbonyl (C=O) groups excluding carboxylic acids is 3. The molecule has 0 aromatic carbocycles. The van der Waals surface area contributed by atoms with E-state index in [1.54, 1.807) is 20.8 Å². The molecule has 23 heteroatoms. The van der Waals surface area contributed by atoms with Crippen LogP contribution in [0.25, 0.3) is 0 Å². The Hall–Kier alpha value is -3.24. The van der Waals surface area contributed by atoms with E-state index in [2.05, 4.69) is 46.8 Å². The Morgan fingerprint density at radius 1 is 0.495 bits per heavy atom. The Morgan fingerprint density at radius 2 is 0.947 bits per heavy atom. The third-order valence-electron chi connectivity index (χ3n) is 31.2. The first-order valence-corrected chi connectivity index (χ1v) is 35.3. The maximum atomic E-state index is 15.8. The molecule has 0 amide bonds. The average molecular weight is 1340 g/mol. The summed E-state index contributed by atoms with van der Waals surface area (Å²) in [7, 11) is 0. The Morgan fingerprint density at radius 3 is 1.45 bits per heavy atom. The van der Waals surface area contributed by atoms with Crippen molar-refractivity contribution in [2.24, 2.45) is 101 Å². The molecule has 8 saturated carbocycles. The normalized spacial score (nSPS) is 56.1. The molecule has 2 aliphatic heterocycles. The number of allylic oxidation sites excluding steroid dienone is 2. The van der Waals surface area contributed by atoms with Crippen molar-refractivity contribution in [1.82, 2.24) is 0 Å². The summed E-state index contributed by atoms with van der Waals surface area (Å²) in [5.74, 6) is -7.35. The average Bonchev–Trinajstić information content (AvgIpc) is 0.675. The Kier molecular flexibility index (Phi) is 17.4. The van der Waals surface area contributed by atoms with Crippen molar-refractivity contribution in [2.75, 3.05) is 13.2 Å². The highest BCUT2D eigenvalue weighted by Crippen LogP contribution is 2.79. The van der Waals surface area contributed by atoms with Crippen LogP contribution in [0.4, 0.5) is 0 Å². The minimum absolute atomic E-state index is 0.0442. The third kappa shape index (κ3) is 9.40. The molecule has 12 rings (SSSR count). The summed E-state index contributed by atoms with van der Waals surface area (Å²) < 4.78 is 29.9. The highest BCUT2D eigenvalue weighted by atomic mass is 16.7. The van der Waals surface area contributed by atoms with Crippen LogP contribution in [0.5, 0.6) is 0 Å². The molecule has 0 bridgehead atoms. The molecule has 14 N–H and O–H groups in total. The number of ether oxygens (including phenoxy) is 5. The quantitative estimate of drug-likeness (QED) is 0.0892. The number of carbonyl (C=O) groups is 4. The predicted molar refractivity (Wildman–Crippen MR) is 336 cm³/mol. The number of rotatable bonds is 9. The van der Waals surface area contributed by atoms with Gasteiger partial charge >= 0.3 is 23.9 Å². The van der Waals surface area contributed by atoms with Gasteiger partial charge in [-0.3, -0.25) is 19.2 Å². The number of aliphatic hydroxyl groups excluding tert-OH is 12. The van der Waals surface area contributed by atoms with E-state index in [0.717, 1.165) is 11.1 Å². The fraction of sp³-hybridized carbons (Fsp3) is 0.889. The first kappa shape index (κ1) is 71.6. The largest absolute Gasteiger partial charge is 0.481 e. The van der Waals surface area contributed by atoms with Crippen LogP contribution in [0.3, 0.4) is 0 Å². The molecule has 536 valence electrons. The molecule has 0 aromatic rings. The summed E-state index contributed by atoms with van der Waals surface area (Å²) in [4.78, 5) is 60.2. The van der Waals surface area contributed by atoms with Crippen LogP contribution < -0.4 is 0 Å². The van der Waals surface area contributed by atoms with Gasteiger partial charge in [-0.2, -0.15) is 0 Å². The molecule has 0 spiro atoms. The van der Waals surface area contributed by atoms with Crippen molar-refractivity contribution in [3.63, 3.8) is 0 Å². The van der Waals surface area contributed by atoms with Crippen molar-refractivity contribution < 1.29 is 114 Å². The summed E-state index contributed by atoms with van der Waals surface area (Å²) in [5.41, 5.74) is -11.1. The summed E-state index contributed by atoms with van der Waals surface area (Å²) >= 11 is 0. The van der Waals surface area contributed by atoms with E-state index in [4.69, 9.17) is 23.7 Å². The van der Waals surface area contributed by atoms with Gasteiger partial charge in [0.2, 0.25) is 12.6 Å². The Labute approximate surface area is 557 Å². The van der Waals surface area contributed by atoms with Crippen molar-refractivity contribution in [2.45, 2.75) is 283 Å². The molecule has 0 radical (unpaired) electrons. The van der Waals surface area contributed by atoms with Crippen molar-refractivity contribution in [3.05, 3.63) is 23.3 Å². The highest BCUT2D eigenvalue weighted by molar-refractivity contribution is 5.82. The Balaban J connectivity index is 0.825. The first-order chi connectivity index (χ1) is 44.0. The van der Waals surface area contributed by atoms with Crippen LogP contribution in [-0.2, 0) is 42.9 Å². The van der Waals surface area contributed by atoms with Gasteiger partial charge in [-0.25, -0.2) is 0 Å². The highest BCUT2D eigenvalue weighted by Gasteiger charge is 2.77. The van der Waals surface area contributed by atoms with Gasteiger partial charge in [-0.1, -0.05) is 85.6 Å². The fourth-order valence-electron chi connectivity index (χ4n) is 24.8. The summed E-state index contributed by atoms with van der Waals surface area (Å²) in [6, 6.07) is 0. The molecule has 33 atom stereocenters. The second-order valence-corrected chi connectivity index (χ2v) is 35.3. The smallest absolute Gasteiger partial charge is 0.315 e. The lowest BCUT2D eigenvalue weighted by molar-refractivity contribution is -0.299. The van der Waals surface area contributed by atoms with Crippen LogP contribution in [-0.4, -0.2) is 206 Å². The molecule has 10 aliphatic carbocycles. The predicted octanol–water partition coefficient (Wildman–Crippen LogP) is 3.48. The molecule has 2 saturated heterocycles. The lowest BCUT2D eigenvalue weighted by atomic mass is 9.32. The maximum Gasteiger partial charge on any atom is 0.315 e. The Bertz CT molecular complexity index is 3110. The van der Waals surface area contributed by atoms with Crippen molar-refractivity contribution >= 4 is 23.9 Å². The van der Waals surface area contributed by atoms with Crippen LogP contribution in [0.15, 0.2) is 23.3 Å². The van der Waals surface area contributed by atoms with Crippen LogP contribution >= 0.6 is 0 Å². The molecular weight excluding hydrogens is 1230 g/mol. The second-order valence-electron chi connectivity index (χ2n) is 35.3. The van der Waals surface area contributed by atoms with Crippen molar-refractivity contribution in [1.29, 1.82) is 0 Å². The van der Waals surface area contributed by atoms with E-state index in [1.807, 2.05) is 27.7 Å². The van der Waals surface area contributed by atoms with E-state index in [9.17, 15) is 81.1 Å². The van der Waals surface area contributed by atoms with Gasteiger partial charge in [-0.15, -0.1) is 0 Å². The minimum atomic E-state index is -1.88. The number of hydrogen-bond acceptors (Lipinski definition) is 22. The molecule has 95 heavy (non-hydrogen) atoms. The van der Waals surface area contributed by atoms with Gasteiger partial charge in [0, 0.05) is 11.8 Å². The van der Waals surface area contributed by atoms with E-state index in [-0.39, 0.29) is 43.4 Å². The third-order valence-corrected chi connectivity index (χ3v) is 31.2. The van der Waals surface area contributed by atoms with E-state index in [0.29, 0.717) is 77.0 Å². The summed E-state index contributed by atoms with van der Waals surface area (Å²) in [6.45, 7) is 22.1. The van der Waals surface area contributed by atoms with Gasteiger partial charge in [0.1, 0.15) is 60.4 Å². The molecule has 10 fully saturated rings. The number of aliphatic hydroxyl groups is 13. The molecule has 12 aliphatic rings. The van der Waals surface area contributed by atoms with E-state index in [1.165, 1.54) is 0 Å². The number of aliphatic carboxylic acids is 1. The maximum absolute atomic E-state index is 15.8. The molecule has 0 unspecified atom stereocenters. The minimum Gasteiger partial charge on any atom is -0.481 e. The molecule has 0 aromatic heterocycles. The van der Waals surface area contributed by atoms with Crippen molar-refractivity contribution in [3.8, 4) is 0 Å². The van der Waals surface area contributed by atoms with Gasteiger partial charge in [-0.05, 0) is 191 Å². The second kappa shape index (κ2) is 23.1. The van der Waals surface area contributed by atoms with Gasteiger partial charge < -0.3 is 95.2 Å². The van der Waals surface area contributed by atoms with Crippen LogP contribution in [0.2, 0.25) is 0 Å². The number of esters is 3. The van der Waals surface area contributed by atoms with E-state index < -0.39 is 218 Å².